The fraction of sp³-hybridized carbons (Fsp3) is 0.467. The van der Waals surface area contributed by atoms with Gasteiger partial charge in [-0.15, -0.1) is 0 Å². The number of carbonyl (C=O) groups excluding carboxylic acids is 2. The van der Waals surface area contributed by atoms with Crippen LogP contribution < -0.4 is 5.32 Å². The van der Waals surface area contributed by atoms with Crippen molar-refractivity contribution in [3.05, 3.63) is 34.9 Å². The van der Waals surface area contributed by atoms with Gasteiger partial charge >= 0.3 is 12.1 Å². The quantitative estimate of drug-likeness (QED) is 0.821. The summed E-state index contributed by atoms with van der Waals surface area (Å²) in [6.45, 7) is 2.18. The Morgan fingerprint density at radius 2 is 1.96 bits per heavy atom. The lowest BCUT2D eigenvalue weighted by Gasteiger charge is -2.27. The Morgan fingerprint density at radius 3 is 2.62 bits per heavy atom. The summed E-state index contributed by atoms with van der Waals surface area (Å²) in [4.78, 5) is 25.0. The van der Waals surface area contributed by atoms with E-state index in [0.29, 0.717) is 43.0 Å². The molecule has 6 nitrogen and oxygen atoms in total. The normalized spacial score (nSPS) is 20.6. The summed E-state index contributed by atoms with van der Waals surface area (Å²) in [5.74, 6) is -2.40. The maximum atomic E-state index is 12.4. The van der Waals surface area contributed by atoms with Crippen LogP contribution in [0.15, 0.2) is 18.2 Å². The van der Waals surface area contributed by atoms with Crippen LogP contribution in [-0.2, 0) is 20.8 Å². The first-order valence-corrected chi connectivity index (χ1v) is 7.37. The van der Waals surface area contributed by atoms with Gasteiger partial charge in [-0.2, -0.15) is 13.2 Å². The van der Waals surface area contributed by atoms with E-state index in [-0.39, 0.29) is 12.5 Å². The van der Waals surface area contributed by atoms with E-state index in [1.807, 2.05) is 0 Å². The van der Waals surface area contributed by atoms with Crippen LogP contribution in [0.3, 0.4) is 0 Å². The third-order valence-electron chi connectivity index (χ3n) is 3.90. The van der Waals surface area contributed by atoms with Gasteiger partial charge in [0, 0.05) is 30.8 Å². The molecule has 1 amide bonds. The van der Waals surface area contributed by atoms with E-state index in [0.717, 1.165) is 0 Å². The SMILES string of the molecule is O=C(c1ccc2c(c1)CNC2OC(=O)C(F)(F)F)N1CCOCC1. The number of amides is 1. The molecule has 1 aromatic rings. The van der Waals surface area contributed by atoms with Gasteiger partial charge in [0.25, 0.3) is 5.91 Å². The summed E-state index contributed by atoms with van der Waals surface area (Å²) in [5.41, 5.74) is 1.50. The van der Waals surface area contributed by atoms with E-state index >= 15 is 0 Å². The number of hydrogen-bond donors (Lipinski definition) is 1. The van der Waals surface area contributed by atoms with Crippen molar-refractivity contribution in [3.8, 4) is 0 Å². The Bertz CT molecular complexity index is 657. The summed E-state index contributed by atoms with van der Waals surface area (Å²) >= 11 is 0. The lowest BCUT2D eigenvalue weighted by atomic mass is 10.0. The number of halogens is 3. The number of morpholine rings is 1. The second-order valence-electron chi connectivity index (χ2n) is 5.48. The van der Waals surface area contributed by atoms with Crippen molar-refractivity contribution < 1.29 is 32.2 Å². The smallest absolute Gasteiger partial charge is 0.436 e. The number of rotatable bonds is 2. The fourth-order valence-corrected chi connectivity index (χ4v) is 2.69. The van der Waals surface area contributed by atoms with Gasteiger partial charge in [0.1, 0.15) is 0 Å². The van der Waals surface area contributed by atoms with Gasteiger partial charge < -0.3 is 14.4 Å². The van der Waals surface area contributed by atoms with Gasteiger partial charge in [0.15, 0.2) is 6.23 Å². The highest BCUT2D eigenvalue weighted by atomic mass is 19.4. The second-order valence-corrected chi connectivity index (χ2v) is 5.48. The first kappa shape index (κ1) is 16.7. The number of fused-ring (bicyclic) bond motifs is 1. The van der Waals surface area contributed by atoms with Crippen molar-refractivity contribution >= 4 is 11.9 Å². The number of nitrogens with zero attached hydrogens (tertiary/aromatic N) is 1. The van der Waals surface area contributed by atoms with Gasteiger partial charge in [-0.3, -0.25) is 10.1 Å². The molecule has 0 saturated carbocycles. The van der Waals surface area contributed by atoms with Crippen molar-refractivity contribution in [2.75, 3.05) is 26.3 Å². The summed E-state index contributed by atoms with van der Waals surface area (Å²) < 4.78 is 46.5. The van der Waals surface area contributed by atoms with Crippen LogP contribution in [-0.4, -0.2) is 49.3 Å². The Hall–Kier alpha value is -2.13. The molecule has 3 rings (SSSR count). The van der Waals surface area contributed by atoms with Crippen molar-refractivity contribution in [1.29, 1.82) is 0 Å². The second kappa shape index (κ2) is 6.40. The number of esters is 1. The molecular weight excluding hydrogens is 329 g/mol. The molecule has 1 N–H and O–H groups in total. The van der Waals surface area contributed by atoms with Crippen LogP contribution in [0.25, 0.3) is 0 Å². The van der Waals surface area contributed by atoms with Gasteiger partial charge in [0.2, 0.25) is 0 Å². The van der Waals surface area contributed by atoms with Gasteiger partial charge in [-0.05, 0) is 17.7 Å². The molecule has 2 aliphatic heterocycles. The average molecular weight is 344 g/mol. The molecule has 1 unspecified atom stereocenters. The highest BCUT2D eigenvalue weighted by Crippen LogP contribution is 2.30. The first-order chi connectivity index (χ1) is 11.4. The zero-order valence-corrected chi connectivity index (χ0v) is 12.6. The predicted molar refractivity (Wildman–Crippen MR) is 74.9 cm³/mol. The first-order valence-electron chi connectivity index (χ1n) is 7.37. The van der Waals surface area contributed by atoms with E-state index < -0.39 is 18.4 Å². The minimum Gasteiger partial charge on any atom is -0.436 e. The molecule has 1 fully saturated rings. The summed E-state index contributed by atoms with van der Waals surface area (Å²) in [6, 6.07) is 4.65. The number of benzene rings is 1. The molecule has 24 heavy (non-hydrogen) atoms. The molecule has 0 bridgehead atoms. The number of hydrogen-bond acceptors (Lipinski definition) is 5. The van der Waals surface area contributed by atoms with E-state index in [2.05, 4.69) is 10.1 Å². The standard InChI is InChI=1S/C15H15F3N2O4/c16-15(17,18)14(22)24-12-11-2-1-9(7-10(11)8-19-12)13(21)20-3-5-23-6-4-20/h1-2,7,12,19H,3-6,8H2. The summed E-state index contributed by atoms with van der Waals surface area (Å²) in [6.07, 6.45) is -6.21. The predicted octanol–water partition coefficient (Wildman–Crippen LogP) is 1.37. The maximum Gasteiger partial charge on any atom is 0.490 e. The maximum absolute atomic E-state index is 12.4. The molecule has 2 heterocycles. The van der Waals surface area contributed by atoms with E-state index in [1.165, 1.54) is 12.1 Å². The molecule has 0 radical (unpaired) electrons. The van der Waals surface area contributed by atoms with Crippen molar-refractivity contribution in [3.63, 3.8) is 0 Å². The molecule has 130 valence electrons. The number of carbonyl (C=O) groups is 2. The van der Waals surface area contributed by atoms with E-state index in [4.69, 9.17) is 4.74 Å². The van der Waals surface area contributed by atoms with Crippen LogP contribution in [0.4, 0.5) is 13.2 Å². The molecule has 2 aliphatic rings. The summed E-state index contributed by atoms with van der Waals surface area (Å²) in [7, 11) is 0. The zero-order chi connectivity index (χ0) is 17.3. The highest BCUT2D eigenvalue weighted by Gasteiger charge is 2.43. The number of nitrogens with one attached hydrogen (secondary N) is 1. The summed E-state index contributed by atoms with van der Waals surface area (Å²) in [5, 5.41) is 2.68. The molecule has 1 atom stereocenters. The molecule has 0 aromatic heterocycles. The fourth-order valence-electron chi connectivity index (χ4n) is 2.69. The number of ether oxygens (including phenoxy) is 2. The van der Waals surface area contributed by atoms with Crippen molar-refractivity contribution in [2.24, 2.45) is 0 Å². The third-order valence-corrected chi connectivity index (χ3v) is 3.90. The van der Waals surface area contributed by atoms with Crippen LogP contribution in [0.1, 0.15) is 27.7 Å². The molecule has 0 spiro atoms. The zero-order valence-electron chi connectivity index (χ0n) is 12.6. The molecule has 0 aliphatic carbocycles. The van der Waals surface area contributed by atoms with Gasteiger partial charge in [0.05, 0.1) is 13.2 Å². The van der Waals surface area contributed by atoms with Crippen molar-refractivity contribution in [1.82, 2.24) is 10.2 Å². The minimum atomic E-state index is -5.04. The van der Waals surface area contributed by atoms with E-state index in [9.17, 15) is 22.8 Å². The Balaban J connectivity index is 1.73. The Labute approximate surface area is 135 Å². The van der Waals surface area contributed by atoms with Crippen LogP contribution in [0.5, 0.6) is 0 Å². The van der Waals surface area contributed by atoms with Crippen LogP contribution in [0.2, 0.25) is 0 Å². The minimum absolute atomic E-state index is 0.156. The lowest BCUT2D eigenvalue weighted by Crippen LogP contribution is -2.40. The molecule has 1 aromatic carbocycles. The topological polar surface area (TPSA) is 67.9 Å². The Kier molecular flexibility index (Phi) is 4.46. The lowest BCUT2D eigenvalue weighted by molar-refractivity contribution is -0.206. The van der Waals surface area contributed by atoms with Gasteiger partial charge in [-0.25, -0.2) is 4.79 Å². The third kappa shape index (κ3) is 3.36. The highest BCUT2D eigenvalue weighted by molar-refractivity contribution is 5.94. The largest absolute Gasteiger partial charge is 0.490 e. The number of alkyl halides is 3. The van der Waals surface area contributed by atoms with Crippen molar-refractivity contribution in [2.45, 2.75) is 18.9 Å². The monoisotopic (exact) mass is 344 g/mol. The molecule has 9 heteroatoms. The van der Waals surface area contributed by atoms with E-state index in [1.54, 1.807) is 11.0 Å². The molecule has 1 saturated heterocycles. The Morgan fingerprint density at radius 1 is 1.25 bits per heavy atom. The van der Waals surface area contributed by atoms with Crippen LogP contribution >= 0.6 is 0 Å². The average Bonchev–Trinajstić information content (AvgIpc) is 2.96. The molecular formula is C15H15F3N2O4. The van der Waals surface area contributed by atoms with Crippen LogP contribution in [0, 0.1) is 0 Å². The van der Waals surface area contributed by atoms with Gasteiger partial charge in [-0.1, -0.05) is 6.07 Å².